The standard InChI is InChI=1S/C17H16FN7O2/c18-10-3-1-8-20-13(10)17(6-2-7-17)9-21-12-5-4-11(23-24-12)15-22-16(14(19)26)27-25-15/h1,3-5,8H,2,6-7,9H2,(H2,19,26)(H,21,24). The predicted molar refractivity (Wildman–Crippen MR) is 92.1 cm³/mol. The molecule has 3 N–H and O–H groups in total. The third-order valence-corrected chi connectivity index (χ3v) is 4.71. The van der Waals surface area contributed by atoms with Gasteiger partial charge in [-0.3, -0.25) is 9.78 Å². The van der Waals surface area contributed by atoms with Crippen LogP contribution in [0.3, 0.4) is 0 Å². The fourth-order valence-corrected chi connectivity index (χ4v) is 3.11. The molecule has 3 aromatic rings. The second kappa shape index (κ2) is 6.71. The third kappa shape index (κ3) is 3.21. The van der Waals surface area contributed by atoms with Gasteiger partial charge < -0.3 is 15.6 Å². The summed E-state index contributed by atoms with van der Waals surface area (Å²) in [6, 6.07) is 6.36. The number of nitrogens with zero attached hydrogens (tertiary/aromatic N) is 5. The highest BCUT2D eigenvalue weighted by Crippen LogP contribution is 2.43. The van der Waals surface area contributed by atoms with E-state index in [1.165, 1.54) is 6.07 Å². The Bertz CT molecular complexity index is 969. The van der Waals surface area contributed by atoms with E-state index >= 15 is 0 Å². The Kier molecular flexibility index (Phi) is 4.22. The molecule has 1 aliphatic rings. The lowest BCUT2D eigenvalue weighted by Gasteiger charge is -2.41. The lowest BCUT2D eigenvalue weighted by atomic mass is 9.66. The number of amides is 1. The van der Waals surface area contributed by atoms with Gasteiger partial charge in [0.2, 0.25) is 5.82 Å². The zero-order valence-electron chi connectivity index (χ0n) is 14.2. The van der Waals surface area contributed by atoms with Crippen molar-refractivity contribution in [2.45, 2.75) is 24.7 Å². The number of anilines is 1. The molecule has 0 spiro atoms. The molecule has 3 heterocycles. The minimum Gasteiger partial charge on any atom is -0.368 e. The molecule has 1 aliphatic carbocycles. The van der Waals surface area contributed by atoms with Crippen molar-refractivity contribution in [3.05, 3.63) is 47.9 Å². The van der Waals surface area contributed by atoms with Gasteiger partial charge in [0.1, 0.15) is 17.3 Å². The van der Waals surface area contributed by atoms with Gasteiger partial charge in [0.15, 0.2) is 0 Å². The van der Waals surface area contributed by atoms with Crippen LogP contribution in [0.5, 0.6) is 0 Å². The topological polar surface area (TPSA) is 133 Å². The highest BCUT2D eigenvalue weighted by Gasteiger charge is 2.41. The van der Waals surface area contributed by atoms with E-state index in [-0.39, 0.29) is 22.9 Å². The molecular formula is C17H16FN7O2. The van der Waals surface area contributed by atoms with Gasteiger partial charge in [-0.05, 0) is 37.1 Å². The van der Waals surface area contributed by atoms with Crippen molar-refractivity contribution in [3.8, 4) is 11.5 Å². The van der Waals surface area contributed by atoms with E-state index < -0.39 is 5.91 Å². The second-order valence-corrected chi connectivity index (χ2v) is 6.41. The molecule has 1 fully saturated rings. The fourth-order valence-electron chi connectivity index (χ4n) is 3.11. The molecule has 3 aromatic heterocycles. The van der Waals surface area contributed by atoms with Crippen molar-refractivity contribution in [1.29, 1.82) is 0 Å². The third-order valence-electron chi connectivity index (χ3n) is 4.71. The molecule has 138 valence electrons. The van der Waals surface area contributed by atoms with Crippen LogP contribution in [0.4, 0.5) is 10.2 Å². The molecule has 0 unspecified atom stereocenters. The van der Waals surface area contributed by atoms with E-state index in [1.54, 1.807) is 24.4 Å². The van der Waals surface area contributed by atoms with Crippen molar-refractivity contribution < 1.29 is 13.7 Å². The van der Waals surface area contributed by atoms with E-state index in [9.17, 15) is 9.18 Å². The number of rotatable bonds is 6. The van der Waals surface area contributed by atoms with Crippen molar-refractivity contribution in [3.63, 3.8) is 0 Å². The van der Waals surface area contributed by atoms with Gasteiger partial charge in [-0.2, -0.15) is 4.98 Å². The molecular weight excluding hydrogens is 353 g/mol. The van der Waals surface area contributed by atoms with Gasteiger partial charge in [-0.1, -0.05) is 11.6 Å². The maximum atomic E-state index is 14.2. The fraction of sp³-hybridized carbons (Fsp3) is 0.294. The Morgan fingerprint density at radius 3 is 2.74 bits per heavy atom. The molecule has 1 saturated carbocycles. The van der Waals surface area contributed by atoms with Gasteiger partial charge in [0.05, 0.1) is 5.69 Å². The van der Waals surface area contributed by atoms with E-state index in [0.717, 1.165) is 19.3 Å². The molecule has 27 heavy (non-hydrogen) atoms. The zero-order chi connectivity index (χ0) is 18.9. The Morgan fingerprint density at radius 2 is 2.15 bits per heavy atom. The predicted octanol–water partition coefficient (Wildman–Crippen LogP) is 1.69. The molecule has 0 radical (unpaired) electrons. The van der Waals surface area contributed by atoms with Crippen LogP contribution in [-0.4, -0.2) is 37.8 Å². The second-order valence-electron chi connectivity index (χ2n) is 6.41. The first-order valence-corrected chi connectivity index (χ1v) is 8.40. The smallest absolute Gasteiger partial charge is 0.316 e. The summed E-state index contributed by atoms with van der Waals surface area (Å²) in [4.78, 5) is 19.1. The zero-order valence-corrected chi connectivity index (χ0v) is 14.2. The highest BCUT2D eigenvalue weighted by atomic mass is 19.1. The van der Waals surface area contributed by atoms with Gasteiger partial charge in [-0.15, -0.1) is 10.2 Å². The van der Waals surface area contributed by atoms with Crippen molar-refractivity contribution >= 4 is 11.7 Å². The first-order valence-electron chi connectivity index (χ1n) is 8.40. The van der Waals surface area contributed by atoms with Crippen LogP contribution in [0.2, 0.25) is 0 Å². The van der Waals surface area contributed by atoms with Gasteiger partial charge >= 0.3 is 11.8 Å². The molecule has 0 aliphatic heterocycles. The maximum absolute atomic E-state index is 14.2. The molecule has 10 heteroatoms. The largest absolute Gasteiger partial charge is 0.368 e. The van der Waals surface area contributed by atoms with Crippen molar-refractivity contribution in [1.82, 2.24) is 25.3 Å². The van der Waals surface area contributed by atoms with Gasteiger partial charge in [-0.25, -0.2) is 4.39 Å². The Labute approximate surface area is 153 Å². The highest BCUT2D eigenvalue weighted by molar-refractivity contribution is 5.88. The number of carbonyl (C=O) groups is 1. The molecule has 0 saturated heterocycles. The Morgan fingerprint density at radius 1 is 1.30 bits per heavy atom. The first-order chi connectivity index (χ1) is 13.1. The summed E-state index contributed by atoms with van der Waals surface area (Å²) in [7, 11) is 0. The average molecular weight is 369 g/mol. The number of primary amides is 1. The SMILES string of the molecule is NC(=O)c1nc(-c2ccc(NCC3(c4ncccc4F)CCC3)nn2)no1. The maximum Gasteiger partial charge on any atom is 0.316 e. The molecule has 4 rings (SSSR count). The number of hydrogen-bond acceptors (Lipinski definition) is 8. The number of hydrogen-bond donors (Lipinski definition) is 2. The number of nitrogens with one attached hydrogen (secondary N) is 1. The molecule has 1 amide bonds. The van der Waals surface area contributed by atoms with Crippen LogP contribution in [0, 0.1) is 5.82 Å². The lowest BCUT2D eigenvalue weighted by molar-refractivity contribution is 0.0958. The average Bonchev–Trinajstić information content (AvgIpc) is 3.13. The number of nitrogens with two attached hydrogens (primary N) is 1. The van der Waals surface area contributed by atoms with Gasteiger partial charge in [0.25, 0.3) is 0 Å². The van der Waals surface area contributed by atoms with E-state index in [2.05, 4.69) is 30.6 Å². The summed E-state index contributed by atoms with van der Waals surface area (Å²) in [6.45, 7) is 0.503. The number of pyridine rings is 1. The van der Waals surface area contributed by atoms with Crippen LogP contribution < -0.4 is 11.1 Å². The van der Waals surface area contributed by atoms with E-state index in [4.69, 9.17) is 10.3 Å². The Balaban J connectivity index is 1.47. The summed E-state index contributed by atoms with van der Waals surface area (Å²) < 4.78 is 18.9. The quantitative estimate of drug-likeness (QED) is 0.671. The van der Waals surface area contributed by atoms with Crippen LogP contribution in [0.1, 0.15) is 35.6 Å². The molecule has 0 bridgehead atoms. The summed E-state index contributed by atoms with van der Waals surface area (Å²) in [5.41, 5.74) is 5.56. The van der Waals surface area contributed by atoms with Crippen molar-refractivity contribution in [2.75, 3.05) is 11.9 Å². The van der Waals surface area contributed by atoms with E-state index in [0.29, 0.717) is 23.8 Å². The van der Waals surface area contributed by atoms with Crippen LogP contribution >= 0.6 is 0 Å². The van der Waals surface area contributed by atoms with Crippen molar-refractivity contribution in [2.24, 2.45) is 5.73 Å². The summed E-state index contributed by atoms with van der Waals surface area (Å²) in [5.74, 6) is -0.748. The summed E-state index contributed by atoms with van der Waals surface area (Å²) in [6.07, 6.45) is 4.36. The van der Waals surface area contributed by atoms with Crippen LogP contribution in [0.25, 0.3) is 11.5 Å². The summed E-state index contributed by atoms with van der Waals surface area (Å²) in [5, 5.41) is 14.9. The molecule has 0 atom stereocenters. The molecule has 0 aromatic carbocycles. The number of aromatic nitrogens is 5. The normalized spacial score (nSPS) is 15.1. The summed E-state index contributed by atoms with van der Waals surface area (Å²) >= 11 is 0. The minimum absolute atomic E-state index is 0.119. The number of halogens is 1. The monoisotopic (exact) mass is 369 g/mol. The first kappa shape index (κ1) is 17.0. The van der Waals surface area contributed by atoms with Crippen LogP contribution in [0.15, 0.2) is 35.0 Å². The molecule has 9 nitrogen and oxygen atoms in total. The minimum atomic E-state index is -0.812. The number of carbonyl (C=O) groups excluding carboxylic acids is 1. The van der Waals surface area contributed by atoms with Crippen LogP contribution in [-0.2, 0) is 5.41 Å². The van der Waals surface area contributed by atoms with E-state index in [1.807, 2.05) is 0 Å². The lowest BCUT2D eigenvalue weighted by Crippen LogP contribution is -2.42. The Hall–Kier alpha value is -3.43. The van der Waals surface area contributed by atoms with Gasteiger partial charge in [0, 0.05) is 18.2 Å².